The molecule has 0 unspecified atom stereocenters. The van der Waals surface area contributed by atoms with Crippen LogP contribution >= 0.6 is 23.2 Å². The fraction of sp³-hybridized carbons (Fsp3) is 0.0556. The second-order valence-electron chi connectivity index (χ2n) is 5.32. The van der Waals surface area contributed by atoms with Crippen molar-refractivity contribution in [1.29, 1.82) is 0 Å². The summed E-state index contributed by atoms with van der Waals surface area (Å²) >= 11 is 11.8. The summed E-state index contributed by atoms with van der Waals surface area (Å²) < 4.78 is 13.2. The standard InChI is InChI=1S/C18H13Cl2FN4O/c19-13-4-2-1-3-11(13)9-22-17-8-16(23-10-24-17)18(26)25-12-5-6-15(21)14(20)7-12/h1-8,10H,9H2,(H,25,26)(H,22,23,24). The number of rotatable bonds is 5. The van der Waals surface area contributed by atoms with Gasteiger partial charge in [-0.05, 0) is 29.8 Å². The Hall–Kier alpha value is -2.70. The van der Waals surface area contributed by atoms with Gasteiger partial charge >= 0.3 is 0 Å². The molecule has 3 aromatic rings. The largest absolute Gasteiger partial charge is 0.366 e. The van der Waals surface area contributed by atoms with Crippen LogP contribution in [0.2, 0.25) is 10.0 Å². The molecule has 5 nitrogen and oxygen atoms in total. The zero-order chi connectivity index (χ0) is 18.5. The molecule has 132 valence electrons. The number of anilines is 2. The van der Waals surface area contributed by atoms with Gasteiger partial charge in [0.1, 0.15) is 23.7 Å². The van der Waals surface area contributed by atoms with E-state index in [1.165, 1.54) is 30.6 Å². The van der Waals surface area contributed by atoms with Gasteiger partial charge in [0.25, 0.3) is 5.91 Å². The lowest BCUT2D eigenvalue weighted by Crippen LogP contribution is -2.14. The topological polar surface area (TPSA) is 66.9 Å². The first-order valence-corrected chi connectivity index (χ1v) is 8.34. The van der Waals surface area contributed by atoms with Crippen LogP contribution in [0.4, 0.5) is 15.9 Å². The number of aromatic nitrogens is 2. The fourth-order valence-electron chi connectivity index (χ4n) is 2.17. The maximum Gasteiger partial charge on any atom is 0.274 e. The molecule has 8 heteroatoms. The Balaban J connectivity index is 1.69. The molecule has 1 aromatic heterocycles. The van der Waals surface area contributed by atoms with E-state index in [1.54, 1.807) is 6.07 Å². The first kappa shape index (κ1) is 18.1. The quantitative estimate of drug-likeness (QED) is 0.657. The lowest BCUT2D eigenvalue weighted by Gasteiger charge is -2.09. The van der Waals surface area contributed by atoms with Crippen LogP contribution in [-0.2, 0) is 6.54 Å². The number of carbonyl (C=O) groups is 1. The van der Waals surface area contributed by atoms with Gasteiger partial charge in [-0.3, -0.25) is 4.79 Å². The monoisotopic (exact) mass is 390 g/mol. The Kier molecular flexibility index (Phi) is 5.65. The second-order valence-corrected chi connectivity index (χ2v) is 6.13. The van der Waals surface area contributed by atoms with Crippen LogP contribution in [-0.4, -0.2) is 15.9 Å². The number of hydrogen-bond donors (Lipinski definition) is 2. The van der Waals surface area contributed by atoms with Crippen LogP contribution in [0.5, 0.6) is 0 Å². The average molecular weight is 391 g/mol. The summed E-state index contributed by atoms with van der Waals surface area (Å²) in [6.07, 6.45) is 1.28. The van der Waals surface area contributed by atoms with Crippen molar-refractivity contribution in [3.05, 3.63) is 82.0 Å². The van der Waals surface area contributed by atoms with Crippen LogP contribution in [0.25, 0.3) is 0 Å². The summed E-state index contributed by atoms with van der Waals surface area (Å²) in [4.78, 5) is 20.3. The van der Waals surface area contributed by atoms with Crippen molar-refractivity contribution in [2.45, 2.75) is 6.54 Å². The van der Waals surface area contributed by atoms with Crippen LogP contribution < -0.4 is 10.6 Å². The molecule has 0 saturated carbocycles. The van der Waals surface area contributed by atoms with Gasteiger partial charge in [-0.1, -0.05) is 41.4 Å². The highest BCUT2D eigenvalue weighted by atomic mass is 35.5. The Morgan fingerprint density at radius 3 is 2.62 bits per heavy atom. The van der Waals surface area contributed by atoms with E-state index in [-0.39, 0.29) is 10.7 Å². The van der Waals surface area contributed by atoms with Gasteiger partial charge in [0, 0.05) is 23.3 Å². The summed E-state index contributed by atoms with van der Waals surface area (Å²) in [5.41, 5.74) is 1.42. The van der Waals surface area contributed by atoms with Gasteiger partial charge in [-0.15, -0.1) is 0 Å². The molecule has 0 aliphatic carbocycles. The van der Waals surface area contributed by atoms with Crippen molar-refractivity contribution in [2.75, 3.05) is 10.6 Å². The minimum Gasteiger partial charge on any atom is -0.366 e. The molecule has 2 aromatic carbocycles. The zero-order valence-electron chi connectivity index (χ0n) is 13.3. The molecular formula is C18H13Cl2FN4O. The van der Waals surface area contributed by atoms with E-state index in [0.29, 0.717) is 23.1 Å². The van der Waals surface area contributed by atoms with Crippen molar-refractivity contribution < 1.29 is 9.18 Å². The summed E-state index contributed by atoms with van der Waals surface area (Å²) in [5, 5.41) is 6.26. The molecule has 0 aliphatic heterocycles. The first-order chi connectivity index (χ1) is 12.5. The normalized spacial score (nSPS) is 10.4. The number of nitrogens with zero attached hydrogens (tertiary/aromatic N) is 2. The molecule has 1 amide bonds. The fourth-order valence-corrected chi connectivity index (χ4v) is 2.56. The zero-order valence-corrected chi connectivity index (χ0v) is 14.9. The average Bonchev–Trinajstić information content (AvgIpc) is 2.64. The number of carbonyl (C=O) groups excluding carboxylic acids is 1. The molecule has 0 saturated heterocycles. The maximum absolute atomic E-state index is 13.2. The highest BCUT2D eigenvalue weighted by Gasteiger charge is 2.11. The van der Waals surface area contributed by atoms with Crippen molar-refractivity contribution in [3.63, 3.8) is 0 Å². The van der Waals surface area contributed by atoms with Crippen molar-refractivity contribution in [1.82, 2.24) is 9.97 Å². The lowest BCUT2D eigenvalue weighted by atomic mass is 10.2. The highest BCUT2D eigenvalue weighted by molar-refractivity contribution is 6.31. The van der Waals surface area contributed by atoms with Gasteiger partial charge in [-0.2, -0.15) is 0 Å². The van der Waals surface area contributed by atoms with Crippen LogP contribution in [0.15, 0.2) is 54.9 Å². The predicted molar refractivity (Wildman–Crippen MR) is 100 cm³/mol. The summed E-state index contributed by atoms with van der Waals surface area (Å²) in [6, 6.07) is 12.8. The smallest absolute Gasteiger partial charge is 0.274 e. The number of hydrogen-bond acceptors (Lipinski definition) is 4. The third kappa shape index (κ3) is 4.47. The van der Waals surface area contributed by atoms with Crippen LogP contribution in [0, 0.1) is 5.82 Å². The molecule has 3 rings (SSSR count). The molecule has 26 heavy (non-hydrogen) atoms. The maximum atomic E-state index is 13.2. The van der Waals surface area contributed by atoms with Gasteiger partial charge in [0.2, 0.25) is 0 Å². The van der Waals surface area contributed by atoms with E-state index < -0.39 is 11.7 Å². The second kappa shape index (κ2) is 8.12. The molecule has 0 radical (unpaired) electrons. The van der Waals surface area contributed by atoms with Crippen LogP contribution in [0.3, 0.4) is 0 Å². The SMILES string of the molecule is O=C(Nc1ccc(F)c(Cl)c1)c1cc(NCc2ccccc2Cl)ncn1. The molecule has 0 spiro atoms. The Bertz CT molecular complexity index is 952. The van der Waals surface area contributed by atoms with Gasteiger partial charge in [0.15, 0.2) is 0 Å². The summed E-state index contributed by atoms with van der Waals surface area (Å²) in [7, 11) is 0. The first-order valence-electron chi connectivity index (χ1n) is 7.58. The van der Waals surface area contributed by atoms with Gasteiger partial charge in [0.05, 0.1) is 5.02 Å². The number of amides is 1. The third-order valence-corrected chi connectivity index (χ3v) is 4.15. The number of benzene rings is 2. The van der Waals surface area contributed by atoms with E-state index in [2.05, 4.69) is 20.6 Å². The van der Waals surface area contributed by atoms with Crippen LogP contribution in [0.1, 0.15) is 16.1 Å². The molecule has 0 aliphatic rings. The summed E-state index contributed by atoms with van der Waals surface area (Å²) in [6.45, 7) is 0.450. The van der Waals surface area contributed by atoms with Gasteiger partial charge in [-0.25, -0.2) is 14.4 Å². The third-order valence-electron chi connectivity index (χ3n) is 3.49. The lowest BCUT2D eigenvalue weighted by molar-refractivity contribution is 0.102. The van der Waals surface area contributed by atoms with E-state index in [1.807, 2.05) is 18.2 Å². The van der Waals surface area contributed by atoms with Gasteiger partial charge < -0.3 is 10.6 Å². The molecule has 0 atom stereocenters. The Labute approximate surface area is 159 Å². The van der Waals surface area contributed by atoms with Crippen molar-refractivity contribution in [2.24, 2.45) is 0 Å². The van der Waals surface area contributed by atoms with E-state index in [0.717, 1.165) is 5.56 Å². The number of halogens is 3. The van der Waals surface area contributed by atoms with E-state index in [4.69, 9.17) is 23.2 Å². The van der Waals surface area contributed by atoms with Crippen molar-refractivity contribution in [3.8, 4) is 0 Å². The molecule has 0 fully saturated rings. The Morgan fingerprint density at radius 2 is 1.85 bits per heavy atom. The van der Waals surface area contributed by atoms with Crippen molar-refractivity contribution >= 4 is 40.6 Å². The van der Waals surface area contributed by atoms with E-state index >= 15 is 0 Å². The van der Waals surface area contributed by atoms with E-state index in [9.17, 15) is 9.18 Å². The molecule has 0 bridgehead atoms. The predicted octanol–water partition coefficient (Wildman–Crippen LogP) is 4.79. The molecule has 2 N–H and O–H groups in total. The minimum absolute atomic E-state index is 0.0763. The number of nitrogens with one attached hydrogen (secondary N) is 2. The summed E-state index contributed by atoms with van der Waals surface area (Å²) in [5.74, 6) is -0.546. The highest BCUT2D eigenvalue weighted by Crippen LogP contribution is 2.20. The molecular weight excluding hydrogens is 378 g/mol. The molecule has 1 heterocycles. The minimum atomic E-state index is -0.558. The Morgan fingerprint density at radius 1 is 1.04 bits per heavy atom.